The molecule has 0 aliphatic rings. The van der Waals surface area contributed by atoms with Crippen LogP contribution < -0.4 is 0 Å². The molecule has 0 saturated heterocycles. The van der Waals surface area contributed by atoms with Gasteiger partial charge in [0.05, 0.1) is 0 Å². The van der Waals surface area contributed by atoms with Gasteiger partial charge in [-0.05, 0) is 13.8 Å². The Morgan fingerprint density at radius 2 is 1.62 bits per heavy atom. The second-order valence-corrected chi connectivity index (χ2v) is 3.40. The fraction of sp³-hybridized carbons (Fsp3) is 0.462. The molecule has 1 aromatic carbocycles. The molecule has 0 heterocycles. The van der Waals surface area contributed by atoms with Gasteiger partial charge in [0.25, 0.3) is 5.79 Å². The van der Waals surface area contributed by atoms with Gasteiger partial charge >= 0.3 is 0 Å². The van der Waals surface area contributed by atoms with Crippen LogP contribution in [0.15, 0.2) is 30.3 Å². The second-order valence-electron chi connectivity index (χ2n) is 3.40. The van der Waals surface area contributed by atoms with Crippen LogP contribution in [-0.4, -0.2) is 19.0 Å². The van der Waals surface area contributed by atoms with Gasteiger partial charge in [-0.3, -0.25) is 4.79 Å². The molecule has 0 spiro atoms. The zero-order valence-corrected chi connectivity index (χ0v) is 10.0. The number of carbonyl (C=O) groups excluding carboxylic acids is 1. The number of rotatable bonds is 6. The predicted octanol–water partition coefficient (Wildman–Crippen LogP) is 2.50. The predicted molar refractivity (Wildman–Crippen MR) is 62.1 cm³/mol. The average molecular weight is 222 g/mol. The van der Waals surface area contributed by atoms with Crippen molar-refractivity contribution in [3.05, 3.63) is 35.9 Å². The van der Waals surface area contributed by atoms with Crippen LogP contribution in [0.3, 0.4) is 0 Å². The van der Waals surface area contributed by atoms with Crippen LogP contribution in [0, 0.1) is 0 Å². The van der Waals surface area contributed by atoms with Crippen molar-refractivity contribution in [1.82, 2.24) is 0 Å². The highest BCUT2D eigenvalue weighted by molar-refractivity contribution is 5.84. The molecule has 0 fully saturated rings. The first-order chi connectivity index (χ1) is 7.67. The largest absolute Gasteiger partial charge is 0.340 e. The van der Waals surface area contributed by atoms with E-state index in [9.17, 15) is 4.79 Å². The summed E-state index contributed by atoms with van der Waals surface area (Å²) in [6, 6.07) is 9.31. The van der Waals surface area contributed by atoms with Gasteiger partial charge in [0.1, 0.15) is 0 Å². The number of benzene rings is 1. The standard InChI is InChI=1S/C13H18O3/c1-4-15-13(11(3)14,16-5-2)12-9-7-6-8-10-12/h6-10H,4-5H2,1-3H3. The van der Waals surface area contributed by atoms with E-state index >= 15 is 0 Å². The molecular formula is C13H18O3. The highest BCUT2D eigenvalue weighted by atomic mass is 16.7. The van der Waals surface area contributed by atoms with E-state index in [1.165, 1.54) is 6.92 Å². The SMILES string of the molecule is CCOC(OCC)(C(C)=O)c1ccccc1. The molecule has 0 unspecified atom stereocenters. The van der Waals surface area contributed by atoms with E-state index in [1.54, 1.807) is 0 Å². The summed E-state index contributed by atoms with van der Waals surface area (Å²) >= 11 is 0. The summed E-state index contributed by atoms with van der Waals surface area (Å²) in [6.45, 7) is 6.03. The van der Waals surface area contributed by atoms with Crippen molar-refractivity contribution in [3.8, 4) is 0 Å². The Balaban J connectivity index is 3.15. The molecule has 0 aliphatic carbocycles. The number of Topliss-reactive ketones (excluding diaryl/α,β-unsaturated/α-hetero) is 1. The fourth-order valence-corrected chi connectivity index (χ4v) is 1.68. The summed E-state index contributed by atoms with van der Waals surface area (Å²) in [5.74, 6) is -1.38. The lowest BCUT2D eigenvalue weighted by Gasteiger charge is -2.30. The minimum Gasteiger partial charge on any atom is -0.340 e. The van der Waals surface area contributed by atoms with Gasteiger partial charge in [0.15, 0.2) is 5.78 Å². The molecule has 0 radical (unpaired) electrons. The molecule has 0 saturated carbocycles. The Morgan fingerprint density at radius 1 is 1.12 bits per heavy atom. The minimum absolute atomic E-state index is 0.137. The van der Waals surface area contributed by atoms with Crippen LogP contribution >= 0.6 is 0 Å². The summed E-state index contributed by atoms with van der Waals surface area (Å²) in [5, 5.41) is 0. The van der Waals surface area contributed by atoms with Crippen LogP contribution in [0.1, 0.15) is 26.3 Å². The van der Waals surface area contributed by atoms with Crippen molar-refractivity contribution in [1.29, 1.82) is 0 Å². The molecular weight excluding hydrogens is 204 g/mol. The zero-order valence-electron chi connectivity index (χ0n) is 10.0. The Bertz CT molecular complexity index is 326. The molecule has 3 nitrogen and oxygen atoms in total. The Labute approximate surface area is 96.4 Å². The summed E-state index contributed by atoms with van der Waals surface area (Å²) < 4.78 is 11.1. The van der Waals surface area contributed by atoms with Gasteiger partial charge in [-0.2, -0.15) is 0 Å². The van der Waals surface area contributed by atoms with Crippen LogP contribution in [0.5, 0.6) is 0 Å². The lowest BCUT2D eigenvalue weighted by Crippen LogP contribution is -2.40. The monoisotopic (exact) mass is 222 g/mol. The molecule has 3 heteroatoms. The van der Waals surface area contributed by atoms with Crippen molar-refractivity contribution in [2.75, 3.05) is 13.2 Å². The average Bonchev–Trinajstić information content (AvgIpc) is 2.29. The number of ketones is 1. The van der Waals surface area contributed by atoms with Crippen molar-refractivity contribution in [2.24, 2.45) is 0 Å². The molecule has 0 atom stereocenters. The number of hydrogen-bond acceptors (Lipinski definition) is 3. The van der Waals surface area contributed by atoms with Gasteiger partial charge in [-0.25, -0.2) is 0 Å². The van der Waals surface area contributed by atoms with Crippen LogP contribution in [0.2, 0.25) is 0 Å². The van der Waals surface area contributed by atoms with Crippen molar-refractivity contribution in [2.45, 2.75) is 26.6 Å². The topological polar surface area (TPSA) is 35.5 Å². The third-order valence-electron chi connectivity index (χ3n) is 2.31. The van der Waals surface area contributed by atoms with Gasteiger partial charge in [-0.15, -0.1) is 0 Å². The van der Waals surface area contributed by atoms with Crippen LogP contribution in [0.4, 0.5) is 0 Å². The summed E-state index contributed by atoms with van der Waals surface area (Å²) in [7, 11) is 0. The lowest BCUT2D eigenvalue weighted by atomic mass is 10.0. The van der Waals surface area contributed by atoms with Crippen LogP contribution in [-0.2, 0) is 20.1 Å². The summed E-state index contributed by atoms with van der Waals surface area (Å²) in [4.78, 5) is 11.8. The molecule has 16 heavy (non-hydrogen) atoms. The minimum atomic E-state index is -1.25. The third-order valence-corrected chi connectivity index (χ3v) is 2.31. The lowest BCUT2D eigenvalue weighted by molar-refractivity contribution is -0.231. The maximum absolute atomic E-state index is 11.8. The van der Waals surface area contributed by atoms with Crippen LogP contribution in [0.25, 0.3) is 0 Å². The van der Waals surface area contributed by atoms with E-state index in [0.717, 1.165) is 5.56 Å². The molecule has 1 rings (SSSR count). The van der Waals surface area contributed by atoms with E-state index in [4.69, 9.17) is 9.47 Å². The summed E-state index contributed by atoms with van der Waals surface area (Å²) in [5.41, 5.74) is 0.742. The molecule has 1 aromatic rings. The van der Waals surface area contributed by atoms with Gasteiger partial charge < -0.3 is 9.47 Å². The molecule has 88 valence electrons. The first kappa shape index (κ1) is 12.9. The van der Waals surface area contributed by atoms with Crippen molar-refractivity contribution < 1.29 is 14.3 Å². The fourth-order valence-electron chi connectivity index (χ4n) is 1.68. The van der Waals surface area contributed by atoms with E-state index in [0.29, 0.717) is 13.2 Å². The Hall–Kier alpha value is -1.19. The van der Waals surface area contributed by atoms with Crippen molar-refractivity contribution in [3.63, 3.8) is 0 Å². The molecule has 0 aromatic heterocycles. The Morgan fingerprint density at radius 3 is 2.00 bits per heavy atom. The first-order valence-corrected chi connectivity index (χ1v) is 5.51. The normalized spacial score (nSPS) is 11.4. The first-order valence-electron chi connectivity index (χ1n) is 5.51. The molecule has 0 amide bonds. The number of hydrogen-bond donors (Lipinski definition) is 0. The van der Waals surface area contributed by atoms with E-state index in [2.05, 4.69) is 0 Å². The number of ether oxygens (including phenoxy) is 2. The molecule has 0 aliphatic heterocycles. The maximum atomic E-state index is 11.8. The van der Waals surface area contributed by atoms with Crippen molar-refractivity contribution >= 4 is 5.78 Å². The van der Waals surface area contributed by atoms with Gasteiger partial charge in [-0.1, -0.05) is 30.3 Å². The zero-order chi connectivity index (χ0) is 12.0. The van der Waals surface area contributed by atoms with Gasteiger partial charge in [0.2, 0.25) is 0 Å². The van der Waals surface area contributed by atoms with E-state index in [1.807, 2.05) is 44.2 Å². The highest BCUT2D eigenvalue weighted by Gasteiger charge is 2.39. The molecule has 0 bridgehead atoms. The van der Waals surface area contributed by atoms with E-state index in [-0.39, 0.29) is 5.78 Å². The maximum Gasteiger partial charge on any atom is 0.256 e. The number of carbonyl (C=O) groups is 1. The van der Waals surface area contributed by atoms with E-state index < -0.39 is 5.79 Å². The Kier molecular flexibility index (Phi) is 4.65. The second kappa shape index (κ2) is 5.77. The third kappa shape index (κ3) is 2.49. The smallest absolute Gasteiger partial charge is 0.256 e. The van der Waals surface area contributed by atoms with Gasteiger partial charge in [0, 0.05) is 25.7 Å². The molecule has 0 N–H and O–H groups in total. The quantitative estimate of drug-likeness (QED) is 0.694. The highest BCUT2D eigenvalue weighted by Crippen LogP contribution is 2.28. The summed E-state index contributed by atoms with van der Waals surface area (Å²) in [6.07, 6.45) is 0.